The Kier molecular flexibility index (Phi) is 1.14. The molecule has 0 saturated carbocycles. The molecule has 0 spiro atoms. The van der Waals surface area contributed by atoms with Gasteiger partial charge in [-0.3, -0.25) is 0 Å². The summed E-state index contributed by atoms with van der Waals surface area (Å²) in [6.45, 7) is 1.93. The molecule has 54 valence electrons. The van der Waals surface area contributed by atoms with Crippen molar-refractivity contribution >= 4 is 0 Å². The zero-order chi connectivity index (χ0) is 6.97. The monoisotopic (exact) mass is 138 g/mol. The van der Waals surface area contributed by atoms with Gasteiger partial charge in [0.1, 0.15) is 0 Å². The summed E-state index contributed by atoms with van der Waals surface area (Å²) >= 11 is 0. The van der Waals surface area contributed by atoms with E-state index in [1.165, 1.54) is 10.4 Å². The quantitative estimate of drug-likeness (QED) is 0.463. The van der Waals surface area contributed by atoms with Crippen LogP contribution in [-0.4, -0.2) is 16.4 Å². The van der Waals surface area contributed by atoms with E-state index < -0.39 is 0 Å². The highest BCUT2D eigenvalue weighted by Gasteiger charge is 2.11. The normalized spacial score (nSPS) is 16.8. The van der Waals surface area contributed by atoms with Crippen molar-refractivity contribution in [2.75, 3.05) is 12.4 Å². The van der Waals surface area contributed by atoms with E-state index in [4.69, 9.17) is 5.84 Å². The smallest absolute Gasteiger partial charge is 0.0703 e. The molecule has 0 aromatic carbocycles. The third-order valence-corrected chi connectivity index (χ3v) is 1.75. The van der Waals surface area contributed by atoms with Gasteiger partial charge in [0.05, 0.1) is 11.9 Å². The fraction of sp³-hybridized carbons (Fsp3) is 0.500. The van der Waals surface area contributed by atoms with Gasteiger partial charge in [-0.1, -0.05) is 0 Å². The lowest BCUT2D eigenvalue weighted by atomic mass is 10.1. The van der Waals surface area contributed by atoms with E-state index in [0.29, 0.717) is 0 Å². The molecule has 1 aliphatic heterocycles. The number of fused-ring (bicyclic) bond motifs is 1. The summed E-state index contributed by atoms with van der Waals surface area (Å²) in [4.78, 5) is 1.39. The van der Waals surface area contributed by atoms with Crippen molar-refractivity contribution in [2.45, 2.75) is 13.0 Å². The molecule has 10 heavy (non-hydrogen) atoms. The summed E-state index contributed by atoms with van der Waals surface area (Å²) < 4.78 is 0. The molecule has 0 aliphatic carbocycles. The molecule has 0 unspecified atom stereocenters. The molecule has 3 N–H and O–H groups in total. The summed E-state index contributed by atoms with van der Waals surface area (Å²) in [5.41, 5.74) is 2.37. The van der Waals surface area contributed by atoms with E-state index in [-0.39, 0.29) is 0 Å². The number of aromatic nitrogens is 2. The second-order valence-electron chi connectivity index (χ2n) is 2.51. The Morgan fingerprint density at radius 3 is 3.40 bits per heavy atom. The van der Waals surface area contributed by atoms with Crippen molar-refractivity contribution in [2.24, 2.45) is 0 Å². The highest BCUT2D eigenvalue weighted by molar-refractivity contribution is 5.19. The minimum absolute atomic E-state index is 0.909. The summed E-state index contributed by atoms with van der Waals surface area (Å²) in [5.74, 6) is 5.44. The van der Waals surface area contributed by atoms with E-state index in [2.05, 4.69) is 10.4 Å². The van der Waals surface area contributed by atoms with Crippen LogP contribution in [0.2, 0.25) is 0 Å². The standard InChI is InChI=1S/C6H10N4/c7-10-4-5-3-8-2-1-6(5)9-10/h4,8H,1-3,7H2. The first-order valence-electron chi connectivity index (χ1n) is 3.39. The third kappa shape index (κ3) is 0.769. The minimum atomic E-state index is 0.909. The molecular formula is C6H10N4. The Hall–Kier alpha value is -1.03. The van der Waals surface area contributed by atoms with Crippen LogP contribution in [0.15, 0.2) is 6.20 Å². The number of hydrogen-bond donors (Lipinski definition) is 2. The van der Waals surface area contributed by atoms with E-state index in [1.807, 2.05) is 6.20 Å². The lowest BCUT2D eigenvalue weighted by Crippen LogP contribution is -2.22. The number of nitrogens with one attached hydrogen (secondary N) is 1. The van der Waals surface area contributed by atoms with Crippen molar-refractivity contribution < 1.29 is 0 Å². The van der Waals surface area contributed by atoms with Gasteiger partial charge in [-0.25, -0.2) is 0 Å². The largest absolute Gasteiger partial charge is 0.323 e. The second kappa shape index (κ2) is 1.98. The highest BCUT2D eigenvalue weighted by atomic mass is 15.5. The number of nitrogens with two attached hydrogens (primary N) is 1. The maximum atomic E-state index is 5.44. The summed E-state index contributed by atoms with van der Waals surface area (Å²) in [6, 6.07) is 0. The average Bonchev–Trinajstić information content (AvgIpc) is 2.27. The molecule has 1 aromatic heterocycles. The number of nitrogen functional groups attached to an aromatic ring is 1. The van der Waals surface area contributed by atoms with Crippen molar-refractivity contribution in [1.29, 1.82) is 0 Å². The molecule has 2 rings (SSSR count). The first-order valence-corrected chi connectivity index (χ1v) is 3.39. The van der Waals surface area contributed by atoms with Crippen molar-refractivity contribution in [3.8, 4) is 0 Å². The Bertz CT molecular complexity index is 216. The predicted molar refractivity (Wildman–Crippen MR) is 37.8 cm³/mol. The van der Waals surface area contributed by atoms with Crippen LogP contribution in [0.25, 0.3) is 0 Å². The van der Waals surface area contributed by atoms with Crippen LogP contribution in [0.5, 0.6) is 0 Å². The van der Waals surface area contributed by atoms with Crippen LogP contribution >= 0.6 is 0 Å². The first kappa shape index (κ1) is 5.73. The zero-order valence-corrected chi connectivity index (χ0v) is 5.67. The van der Waals surface area contributed by atoms with Crippen LogP contribution in [0.3, 0.4) is 0 Å². The van der Waals surface area contributed by atoms with Gasteiger partial charge in [0.25, 0.3) is 0 Å². The molecule has 0 fully saturated rings. The van der Waals surface area contributed by atoms with Crippen LogP contribution in [0.1, 0.15) is 11.3 Å². The molecule has 0 bridgehead atoms. The van der Waals surface area contributed by atoms with E-state index in [1.54, 1.807) is 0 Å². The molecule has 0 atom stereocenters. The Labute approximate surface area is 59.0 Å². The molecule has 4 nitrogen and oxygen atoms in total. The SMILES string of the molecule is Nn1cc2c(n1)CCNC2. The third-order valence-electron chi connectivity index (χ3n) is 1.75. The Balaban J connectivity index is 2.41. The zero-order valence-electron chi connectivity index (χ0n) is 5.67. The van der Waals surface area contributed by atoms with E-state index in [0.717, 1.165) is 25.2 Å². The fourth-order valence-electron chi connectivity index (χ4n) is 1.25. The van der Waals surface area contributed by atoms with Gasteiger partial charge in [-0.2, -0.15) is 9.89 Å². The van der Waals surface area contributed by atoms with Crippen LogP contribution in [0.4, 0.5) is 0 Å². The topological polar surface area (TPSA) is 55.9 Å². The average molecular weight is 138 g/mol. The van der Waals surface area contributed by atoms with Gasteiger partial charge < -0.3 is 11.2 Å². The van der Waals surface area contributed by atoms with E-state index >= 15 is 0 Å². The van der Waals surface area contributed by atoms with Crippen LogP contribution in [-0.2, 0) is 13.0 Å². The summed E-state index contributed by atoms with van der Waals surface area (Å²) in [7, 11) is 0. The summed E-state index contributed by atoms with van der Waals surface area (Å²) in [6.07, 6.45) is 2.86. The van der Waals surface area contributed by atoms with Crippen molar-refractivity contribution in [1.82, 2.24) is 15.2 Å². The van der Waals surface area contributed by atoms with E-state index in [9.17, 15) is 0 Å². The maximum Gasteiger partial charge on any atom is 0.0703 e. The molecule has 1 aromatic rings. The fourth-order valence-corrected chi connectivity index (χ4v) is 1.25. The van der Waals surface area contributed by atoms with Crippen LogP contribution < -0.4 is 11.2 Å². The van der Waals surface area contributed by atoms with Gasteiger partial charge in [0.15, 0.2) is 0 Å². The highest BCUT2D eigenvalue weighted by Crippen LogP contribution is 2.08. The van der Waals surface area contributed by atoms with Gasteiger partial charge in [0, 0.05) is 25.1 Å². The molecule has 4 heteroatoms. The number of hydrogen-bond acceptors (Lipinski definition) is 3. The molecule has 1 aliphatic rings. The Morgan fingerprint density at radius 1 is 1.70 bits per heavy atom. The minimum Gasteiger partial charge on any atom is -0.323 e. The molecule has 2 heterocycles. The van der Waals surface area contributed by atoms with Gasteiger partial charge in [0.2, 0.25) is 0 Å². The second-order valence-corrected chi connectivity index (χ2v) is 2.51. The maximum absolute atomic E-state index is 5.44. The van der Waals surface area contributed by atoms with Crippen molar-refractivity contribution in [3.63, 3.8) is 0 Å². The Morgan fingerprint density at radius 2 is 2.60 bits per heavy atom. The lowest BCUT2D eigenvalue weighted by molar-refractivity contribution is 0.634. The van der Waals surface area contributed by atoms with Crippen molar-refractivity contribution in [3.05, 3.63) is 17.5 Å². The molecule has 0 radical (unpaired) electrons. The molecule has 0 saturated heterocycles. The molecular weight excluding hydrogens is 128 g/mol. The lowest BCUT2D eigenvalue weighted by Gasteiger charge is -2.09. The van der Waals surface area contributed by atoms with Gasteiger partial charge in [-0.15, -0.1) is 0 Å². The first-order chi connectivity index (χ1) is 4.86. The molecule has 0 amide bonds. The van der Waals surface area contributed by atoms with Gasteiger partial charge >= 0.3 is 0 Å². The predicted octanol–water partition coefficient (Wildman–Crippen LogP) is -0.757. The van der Waals surface area contributed by atoms with Gasteiger partial charge in [-0.05, 0) is 0 Å². The van der Waals surface area contributed by atoms with Crippen LogP contribution in [0, 0.1) is 0 Å². The number of rotatable bonds is 0. The number of nitrogens with zero attached hydrogens (tertiary/aromatic N) is 2. The summed E-state index contributed by atoms with van der Waals surface area (Å²) in [5, 5.41) is 7.35.